The molecule has 1 rings (SSSR count). The second kappa shape index (κ2) is 8.00. The molecule has 0 unspecified atom stereocenters. The van der Waals surface area contributed by atoms with Crippen LogP contribution < -0.4 is 5.32 Å². The fraction of sp³-hybridized carbons (Fsp3) is 0.500. The molecule has 0 spiro atoms. The van der Waals surface area contributed by atoms with Crippen molar-refractivity contribution in [2.75, 3.05) is 13.1 Å². The van der Waals surface area contributed by atoms with E-state index >= 15 is 0 Å². The highest BCUT2D eigenvalue weighted by Gasteiger charge is 2.21. The molecule has 1 amide bonds. The number of nitrogens with zero attached hydrogens (tertiary/aromatic N) is 3. The third-order valence-corrected chi connectivity index (χ3v) is 2.69. The molecule has 0 aliphatic rings. The molecule has 0 aromatic carbocycles. The summed E-state index contributed by atoms with van der Waals surface area (Å²) in [5, 5.41) is 20.7. The third kappa shape index (κ3) is 5.84. The fourth-order valence-electron chi connectivity index (χ4n) is 1.73. The Bertz CT molecular complexity index is 642. The van der Waals surface area contributed by atoms with Gasteiger partial charge in [-0.15, -0.1) is 0 Å². The number of hydrogen-bond donors (Lipinski definition) is 1. The Hall–Kier alpha value is -2.80. The molecule has 23 heavy (non-hydrogen) atoms. The predicted molar refractivity (Wildman–Crippen MR) is 83.8 cm³/mol. The van der Waals surface area contributed by atoms with Crippen LogP contribution in [-0.4, -0.2) is 30.5 Å². The number of aryl methyl sites for hydroxylation is 1. The van der Waals surface area contributed by atoms with E-state index in [4.69, 9.17) is 19.7 Å². The van der Waals surface area contributed by atoms with Gasteiger partial charge in [-0.3, -0.25) is 4.99 Å². The molecule has 0 aliphatic carbocycles. The largest absolute Gasteiger partial charge is 0.463 e. The van der Waals surface area contributed by atoms with E-state index in [-0.39, 0.29) is 18.8 Å². The molecule has 1 N–H and O–H groups in total. The summed E-state index contributed by atoms with van der Waals surface area (Å²) in [6, 6.07) is 5.50. The van der Waals surface area contributed by atoms with Gasteiger partial charge in [0.1, 0.15) is 11.3 Å². The number of rotatable bonds is 5. The van der Waals surface area contributed by atoms with E-state index in [0.29, 0.717) is 5.76 Å². The van der Waals surface area contributed by atoms with Gasteiger partial charge in [0.15, 0.2) is 11.7 Å². The summed E-state index contributed by atoms with van der Waals surface area (Å²) in [7, 11) is 0. The molecule has 7 nitrogen and oxygen atoms in total. The number of carbonyl (C=O) groups is 1. The third-order valence-electron chi connectivity index (χ3n) is 2.69. The van der Waals surface area contributed by atoms with Crippen molar-refractivity contribution in [2.45, 2.75) is 33.3 Å². The quantitative estimate of drug-likeness (QED) is 0.662. The minimum absolute atomic E-state index is 0.203. The zero-order chi connectivity index (χ0) is 17.5. The van der Waals surface area contributed by atoms with Crippen LogP contribution in [0.5, 0.6) is 0 Å². The summed E-state index contributed by atoms with van der Waals surface area (Å²) in [5.74, 6) is -0.614. The Balaban J connectivity index is 2.73. The minimum atomic E-state index is -1.03. The highest BCUT2D eigenvalue weighted by atomic mass is 16.6. The van der Waals surface area contributed by atoms with Crippen molar-refractivity contribution >= 4 is 11.8 Å². The maximum atomic E-state index is 11.5. The minimum Gasteiger partial charge on any atom is -0.463 e. The molecule has 0 atom stereocenters. The van der Waals surface area contributed by atoms with Crippen molar-refractivity contribution in [1.82, 2.24) is 5.32 Å². The van der Waals surface area contributed by atoms with Gasteiger partial charge in [0.05, 0.1) is 24.9 Å². The lowest BCUT2D eigenvalue weighted by Crippen LogP contribution is -2.34. The van der Waals surface area contributed by atoms with Crippen LogP contribution in [0.15, 0.2) is 21.7 Å². The Labute approximate surface area is 135 Å². The maximum absolute atomic E-state index is 11.5. The van der Waals surface area contributed by atoms with Crippen molar-refractivity contribution in [3.05, 3.63) is 23.7 Å². The SMILES string of the molecule is Cc1ccoc1C(=NCCNC(=O)OC(C)(C)C)C(C#N)C#N. The maximum Gasteiger partial charge on any atom is 0.407 e. The summed E-state index contributed by atoms with van der Waals surface area (Å²) < 4.78 is 10.4. The molecule has 1 heterocycles. The summed E-state index contributed by atoms with van der Waals surface area (Å²) in [6.45, 7) is 7.54. The normalized spacial score (nSPS) is 11.7. The second-order valence-electron chi connectivity index (χ2n) is 5.82. The van der Waals surface area contributed by atoms with Gasteiger partial charge in [0, 0.05) is 6.54 Å². The van der Waals surface area contributed by atoms with Crippen molar-refractivity contribution in [1.29, 1.82) is 10.5 Å². The molecule has 0 fully saturated rings. The predicted octanol–water partition coefficient (Wildman–Crippen LogP) is 2.57. The summed E-state index contributed by atoms with van der Waals surface area (Å²) in [6.07, 6.45) is 0.936. The lowest BCUT2D eigenvalue weighted by atomic mass is 10.0. The van der Waals surface area contributed by atoms with Crippen LogP contribution in [0.1, 0.15) is 32.1 Å². The molecule has 0 bridgehead atoms. The molecule has 1 aromatic rings. The van der Waals surface area contributed by atoms with Gasteiger partial charge in [-0.05, 0) is 39.3 Å². The topological polar surface area (TPSA) is 111 Å². The van der Waals surface area contributed by atoms with Crippen molar-refractivity contribution in [3.63, 3.8) is 0 Å². The number of furan rings is 1. The van der Waals surface area contributed by atoms with E-state index in [1.165, 1.54) is 6.26 Å². The van der Waals surface area contributed by atoms with Gasteiger partial charge in [-0.25, -0.2) is 4.79 Å². The number of nitriles is 2. The fourth-order valence-corrected chi connectivity index (χ4v) is 1.73. The van der Waals surface area contributed by atoms with E-state index in [0.717, 1.165) is 5.56 Å². The number of nitrogens with one attached hydrogen (secondary N) is 1. The first-order valence-electron chi connectivity index (χ1n) is 7.13. The van der Waals surface area contributed by atoms with E-state index < -0.39 is 17.6 Å². The number of alkyl carbamates (subject to hydrolysis) is 1. The molecule has 1 aromatic heterocycles. The average molecular weight is 316 g/mol. The summed E-state index contributed by atoms with van der Waals surface area (Å²) in [5.41, 5.74) is 0.485. The van der Waals surface area contributed by atoms with Crippen LogP contribution in [0.3, 0.4) is 0 Å². The number of ether oxygens (including phenoxy) is 1. The first kappa shape index (κ1) is 18.2. The van der Waals surface area contributed by atoms with Crippen LogP contribution >= 0.6 is 0 Å². The Morgan fingerprint density at radius 2 is 2.09 bits per heavy atom. The van der Waals surface area contributed by atoms with Crippen molar-refractivity contribution in [2.24, 2.45) is 10.9 Å². The number of hydrogen-bond acceptors (Lipinski definition) is 6. The van der Waals surface area contributed by atoms with E-state index in [1.807, 2.05) is 12.1 Å². The zero-order valence-electron chi connectivity index (χ0n) is 13.7. The Kier molecular flexibility index (Phi) is 6.35. The highest BCUT2D eigenvalue weighted by Crippen LogP contribution is 2.15. The molecular formula is C16H20N4O3. The lowest BCUT2D eigenvalue weighted by Gasteiger charge is -2.19. The van der Waals surface area contributed by atoms with Crippen molar-refractivity contribution < 1.29 is 13.9 Å². The molecule has 0 radical (unpaired) electrons. The molecule has 0 saturated carbocycles. The monoisotopic (exact) mass is 316 g/mol. The van der Waals surface area contributed by atoms with Crippen LogP contribution in [0.4, 0.5) is 4.79 Å². The van der Waals surface area contributed by atoms with Crippen LogP contribution in [0.2, 0.25) is 0 Å². The standard InChI is InChI=1S/C16H20N4O3/c1-11-5-8-22-14(11)13(12(9-17)10-18)19-6-7-20-15(21)23-16(2,3)4/h5,8,12H,6-7H2,1-4H3,(H,20,21). The van der Waals surface area contributed by atoms with Gasteiger partial charge in [-0.1, -0.05) is 0 Å². The summed E-state index contributed by atoms with van der Waals surface area (Å²) in [4.78, 5) is 15.8. The Morgan fingerprint density at radius 1 is 1.43 bits per heavy atom. The Morgan fingerprint density at radius 3 is 2.57 bits per heavy atom. The van der Waals surface area contributed by atoms with Crippen LogP contribution in [-0.2, 0) is 4.74 Å². The zero-order valence-corrected chi connectivity index (χ0v) is 13.7. The van der Waals surface area contributed by atoms with Gasteiger partial charge < -0.3 is 14.5 Å². The van der Waals surface area contributed by atoms with Gasteiger partial charge in [0.2, 0.25) is 0 Å². The smallest absolute Gasteiger partial charge is 0.407 e. The molecule has 0 saturated heterocycles. The molecule has 122 valence electrons. The number of amides is 1. The van der Waals surface area contributed by atoms with E-state index in [1.54, 1.807) is 33.8 Å². The molecular weight excluding hydrogens is 296 g/mol. The van der Waals surface area contributed by atoms with Crippen LogP contribution in [0, 0.1) is 35.5 Å². The second-order valence-corrected chi connectivity index (χ2v) is 5.82. The first-order valence-corrected chi connectivity index (χ1v) is 7.13. The van der Waals surface area contributed by atoms with Gasteiger partial charge in [-0.2, -0.15) is 10.5 Å². The number of carbonyl (C=O) groups excluding carboxylic acids is 1. The average Bonchev–Trinajstić information content (AvgIpc) is 2.86. The van der Waals surface area contributed by atoms with Crippen LogP contribution in [0.25, 0.3) is 0 Å². The summed E-state index contributed by atoms with van der Waals surface area (Å²) >= 11 is 0. The van der Waals surface area contributed by atoms with Gasteiger partial charge >= 0.3 is 6.09 Å². The molecule has 0 aliphatic heterocycles. The van der Waals surface area contributed by atoms with Crippen molar-refractivity contribution in [3.8, 4) is 12.1 Å². The van der Waals surface area contributed by atoms with E-state index in [2.05, 4.69) is 10.3 Å². The number of aliphatic imine (C=N–C) groups is 1. The highest BCUT2D eigenvalue weighted by molar-refractivity contribution is 6.04. The lowest BCUT2D eigenvalue weighted by molar-refractivity contribution is 0.0529. The van der Waals surface area contributed by atoms with Gasteiger partial charge in [0.25, 0.3) is 0 Å². The van der Waals surface area contributed by atoms with E-state index in [9.17, 15) is 4.79 Å². The first-order chi connectivity index (χ1) is 10.8. The molecule has 7 heteroatoms.